The molecule has 92 valence electrons. The first-order chi connectivity index (χ1) is 8.28. The zero-order valence-electron chi connectivity index (χ0n) is 10.2. The van der Waals surface area contributed by atoms with Gasteiger partial charge in [-0.15, -0.1) is 22.7 Å². The molecule has 3 nitrogen and oxygen atoms in total. The average molecular weight is 267 g/mol. The van der Waals surface area contributed by atoms with Gasteiger partial charge in [0.1, 0.15) is 0 Å². The molecule has 0 atom stereocenters. The van der Waals surface area contributed by atoms with Crippen LogP contribution in [-0.4, -0.2) is 16.5 Å². The van der Waals surface area contributed by atoms with Gasteiger partial charge in [0.05, 0.1) is 10.0 Å². The Kier molecular flexibility index (Phi) is 4.65. The van der Waals surface area contributed by atoms with Crippen LogP contribution in [0.15, 0.2) is 11.6 Å². The van der Waals surface area contributed by atoms with Crippen molar-refractivity contribution in [2.75, 3.05) is 6.54 Å². The second kappa shape index (κ2) is 6.23. The summed E-state index contributed by atoms with van der Waals surface area (Å²) in [7, 11) is 0. The van der Waals surface area contributed by atoms with Gasteiger partial charge in [-0.3, -0.25) is 0 Å². The molecular weight excluding hydrogens is 250 g/mol. The third kappa shape index (κ3) is 3.87. The highest BCUT2D eigenvalue weighted by atomic mass is 32.1. The Morgan fingerprint density at radius 2 is 2.24 bits per heavy atom. The monoisotopic (exact) mass is 267 g/mol. The molecule has 2 aromatic rings. The quantitative estimate of drug-likeness (QED) is 0.818. The molecule has 1 N–H and O–H groups in total. The van der Waals surface area contributed by atoms with E-state index in [9.17, 15) is 0 Å². The van der Waals surface area contributed by atoms with Gasteiger partial charge >= 0.3 is 0 Å². The first-order valence-corrected chi connectivity index (χ1v) is 7.53. The summed E-state index contributed by atoms with van der Waals surface area (Å²) in [5.41, 5.74) is 1.13. The SMILES string of the molecule is CCc1ncc(CNCCc2nc(C)cs2)s1. The van der Waals surface area contributed by atoms with Gasteiger partial charge in [-0.1, -0.05) is 6.92 Å². The van der Waals surface area contributed by atoms with Crippen molar-refractivity contribution in [1.82, 2.24) is 15.3 Å². The van der Waals surface area contributed by atoms with Crippen molar-refractivity contribution in [2.24, 2.45) is 0 Å². The predicted octanol–water partition coefficient (Wildman–Crippen LogP) is 2.80. The number of nitrogens with zero attached hydrogens (tertiary/aromatic N) is 2. The Labute approximate surface area is 110 Å². The van der Waals surface area contributed by atoms with Crippen molar-refractivity contribution in [2.45, 2.75) is 33.2 Å². The Hall–Kier alpha value is -0.780. The molecule has 0 bridgehead atoms. The summed E-state index contributed by atoms with van der Waals surface area (Å²) < 4.78 is 0. The molecule has 0 amide bonds. The Bertz CT molecular complexity index is 462. The lowest BCUT2D eigenvalue weighted by Crippen LogP contribution is -2.15. The van der Waals surface area contributed by atoms with Crippen LogP contribution in [0.3, 0.4) is 0 Å². The van der Waals surface area contributed by atoms with E-state index >= 15 is 0 Å². The molecule has 0 unspecified atom stereocenters. The molecule has 2 heterocycles. The largest absolute Gasteiger partial charge is 0.311 e. The number of aryl methyl sites for hydroxylation is 2. The maximum atomic E-state index is 4.44. The summed E-state index contributed by atoms with van der Waals surface area (Å²) in [5, 5.41) is 7.97. The summed E-state index contributed by atoms with van der Waals surface area (Å²) in [6.45, 7) is 6.08. The molecule has 0 aliphatic heterocycles. The fraction of sp³-hybridized carbons (Fsp3) is 0.500. The normalized spacial score (nSPS) is 10.9. The van der Waals surface area contributed by atoms with Gasteiger partial charge in [-0.05, 0) is 13.3 Å². The minimum absolute atomic E-state index is 0.919. The molecule has 0 aliphatic rings. The first-order valence-electron chi connectivity index (χ1n) is 5.83. The molecule has 2 rings (SSSR count). The van der Waals surface area contributed by atoms with Gasteiger partial charge in [0, 0.05) is 41.7 Å². The van der Waals surface area contributed by atoms with E-state index in [4.69, 9.17) is 0 Å². The third-order valence-corrected chi connectivity index (χ3v) is 4.55. The number of aromatic nitrogens is 2. The van der Waals surface area contributed by atoms with Crippen molar-refractivity contribution in [1.29, 1.82) is 0 Å². The van der Waals surface area contributed by atoms with Gasteiger partial charge < -0.3 is 5.32 Å². The van der Waals surface area contributed by atoms with Gasteiger partial charge in [0.15, 0.2) is 0 Å². The lowest BCUT2D eigenvalue weighted by molar-refractivity contribution is 0.690. The molecule has 0 spiro atoms. The summed E-state index contributed by atoms with van der Waals surface area (Å²) in [6.07, 6.45) is 4.02. The van der Waals surface area contributed by atoms with Gasteiger partial charge in [0.25, 0.3) is 0 Å². The second-order valence-corrected chi connectivity index (χ2v) is 6.03. The molecule has 0 radical (unpaired) electrons. The van der Waals surface area contributed by atoms with Crippen LogP contribution in [-0.2, 0) is 19.4 Å². The molecule has 5 heteroatoms. The third-order valence-electron chi connectivity index (χ3n) is 2.39. The second-order valence-electron chi connectivity index (χ2n) is 3.88. The van der Waals surface area contributed by atoms with Crippen LogP contribution < -0.4 is 5.32 Å². The van der Waals surface area contributed by atoms with E-state index in [0.29, 0.717) is 0 Å². The van der Waals surface area contributed by atoms with Crippen LogP contribution in [0.5, 0.6) is 0 Å². The Morgan fingerprint density at radius 3 is 2.88 bits per heavy atom. The van der Waals surface area contributed by atoms with Gasteiger partial charge in [-0.2, -0.15) is 0 Å². The highest BCUT2D eigenvalue weighted by molar-refractivity contribution is 7.11. The summed E-state index contributed by atoms with van der Waals surface area (Å²) in [6, 6.07) is 0. The predicted molar refractivity (Wildman–Crippen MR) is 73.8 cm³/mol. The molecular formula is C12H17N3S2. The minimum Gasteiger partial charge on any atom is -0.311 e. The Morgan fingerprint density at radius 1 is 1.35 bits per heavy atom. The lowest BCUT2D eigenvalue weighted by atomic mass is 10.4. The molecule has 0 fully saturated rings. The number of hydrogen-bond donors (Lipinski definition) is 1. The molecule has 0 aliphatic carbocycles. The minimum atomic E-state index is 0.919. The number of hydrogen-bond acceptors (Lipinski definition) is 5. The van der Waals surface area contributed by atoms with E-state index in [-0.39, 0.29) is 0 Å². The zero-order chi connectivity index (χ0) is 12.1. The zero-order valence-corrected chi connectivity index (χ0v) is 11.8. The van der Waals surface area contributed by atoms with Crippen molar-refractivity contribution in [3.8, 4) is 0 Å². The van der Waals surface area contributed by atoms with Crippen LogP contribution in [0, 0.1) is 6.92 Å². The maximum absolute atomic E-state index is 4.44. The van der Waals surface area contributed by atoms with E-state index in [0.717, 1.165) is 31.6 Å². The van der Waals surface area contributed by atoms with Crippen molar-refractivity contribution in [3.05, 3.63) is 32.2 Å². The first kappa shape index (κ1) is 12.7. The number of rotatable bonds is 6. The fourth-order valence-electron chi connectivity index (χ4n) is 1.52. The van der Waals surface area contributed by atoms with Crippen LogP contribution >= 0.6 is 22.7 Å². The van der Waals surface area contributed by atoms with Crippen molar-refractivity contribution in [3.63, 3.8) is 0 Å². The number of nitrogens with one attached hydrogen (secondary N) is 1. The molecule has 0 saturated heterocycles. The van der Waals surface area contributed by atoms with E-state index < -0.39 is 0 Å². The Balaban J connectivity index is 1.69. The van der Waals surface area contributed by atoms with E-state index in [1.54, 1.807) is 22.7 Å². The summed E-state index contributed by atoms with van der Waals surface area (Å²) in [5.74, 6) is 0. The smallest absolute Gasteiger partial charge is 0.0940 e. The fourth-order valence-corrected chi connectivity index (χ4v) is 3.13. The molecule has 0 aromatic carbocycles. The summed E-state index contributed by atoms with van der Waals surface area (Å²) >= 11 is 3.54. The lowest BCUT2D eigenvalue weighted by Gasteiger charge is -2.00. The van der Waals surface area contributed by atoms with Crippen LogP contribution in [0.4, 0.5) is 0 Å². The highest BCUT2D eigenvalue weighted by Gasteiger charge is 2.01. The highest BCUT2D eigenvalue weighted by Crippen LogP contribution is 2.13. The standard InChI is InChI=1S/C12H17N3S2/c1-3-11-14-7-10(17-11)6-13-5-4-12-15-9(2)8-16-12/h7-8,13H,3-6H2,1-2H3. The van der Waals surface area contributed by atoms with Crippen molar-refractivity contribution < 1.29 is 0 Å². The average Bonchev–Trinajstić information content (AvgIpc) is 2.93. The van der Waals surface area contributed by atoms with Crippen LogP contribution in [0.2, 0.25) is 0 Å². The number of thiazole rings is 2. The molecule has 2 aromatic heterocycles. The maximum Gasteiger partial charge on any atom is 0.0940 e. The van der Waals surface area contributed by atoms with Crippen molar-refractivity contribution >= 4 is 22.7 Å². The van der Waals surface area contributed by atoms with E-state index in [1.165, 1.54) is 14.9 Å². The topological polar surface area (TPSA) is 37.8 Å². The van der Waals surface area contributed by atoms with E-state index in [1.807, 2.05) is 13.1 Å². The van der Waals surface area contributed by atoms with Crippen LogP contribution in [0.25, 0.3) is 0 Å². The summed E-state index contributed by atoms with van der Waals surface area (Å²) in [4.78, 5) is 10.1. The molecule has 17 heavy (non-hydrogen) atoms. The van der Waals surface area contributed by atoms with Crippen LogP contribution in [0.1, 0.15) is 27.5 Å². The van der Waals surface area contributed by atoms with Gasteiger partial charge in [-0.25, -0.2) is 9.97 Å². The molecule has 0 saturated carbocycles. The van der Waals surface area contributed by atoms with E-state index in [2.05, 4.69) is 27.6 Å². The van der Waals surface area contributed by atoms with Gasteiger partial charge in [0.2, 0.25) is 0 Å².